The Kier molecular flexibility index (Phi) is 5.27. The second-order valence-corrected chi connectivity index (χ2v) is 6.78. The van der Waals surface area contributed by atoms with Crippen LogP contribution < -0.4 is 5.32 Å². The van der Waals surface area contributed by atoms with Gasteiger partial charge in [-0.15, -0.1) is 0 Å². The van der Waals surface area contributed by atoms with Crippen molar-refractivity contribution in [3.8, 4) is 0 Å². The highest BCUT2D eigenvalue weighted by atomic mass is 16.6. The molecule has 2 aliphatic rings. The second kappa shape index (κ2) is 6.76. The molecule has 0 aromatic heterocycles. The molecule has 1 unspecified atom stereocenters. The van der Waals surface area contributed by atoms with E-state index in [9.17, 15) is 4.79 Å². The van der Waals surface area contributed by atoms with E-state index in [1.54, 1.807) is 4.90 Å². The van der Waals surface area contributed by atoms with Crippen LogP contribution in [0.2, 0.25) is 0 Å². The van der Waals surface area contributed by atoms with Gasteiger partial charge in [0.15, 0.2) is 0 Å². The monoisotopic (exact) mass is 284 g/mol. The van der Waals surface area contributed by atoms with E-state index in [0.29, 0.717) is 12.6 Å². The van der Waals surface area contributed by atoms with Crippen LogP contribution in [0.25, 0.3) is 0 Å². The number of likely N-dealkylation sites (tertiary alicyclic amines) is 1. The lowest BCUT2D eigenvalue weighted by molar-refractivity contribution is -0.0616. The van der Waals surface area contributed by atoms with Crippen LogP contribution in [0.15, 0.2) is 0 Å². The second-order valence-electron chi connectivity index (χ2n) is 6.78. The molecule has 2 rings (SSSR count). The molecule has 1 N–H and O–H groups in total. The predicted octanol–water partition coefficient (Wildman–Crippen LogP) is 2.15. The normalized spacial score (nSPS) is 25.6. The maximum atomic E-state index is 12.1. The van der Waals surface area contributed by atoms with Crippen molar-refractivity contribution in [2.75, 3.05) is 26.2 Å². The van der Waals surface area contributed by atoms with Crippen LogP contribution in [0, 0.1) is 0 Å². The Bertz CT molecular complexity index is 322. The Morgan fingerprint density at radius 1 is 1.15 bits per heavy atom. The van der Waals surface area contributed by atoms with Gasteiger partial charge in [-0.2, -0.15) is 0 Å². The van der Waals surface area contributed by atoms with Gasteiger partial charge in [0.25, 0.3) is 0 Å². The number of hydrogen-bond donors (Lipinski definition) is 1. The maximum absolute atomic E-state index is 12.1. The number of ether oxygens (including phenoxy) is 2. The summed E-state index contributed by atoms with van der Waals surface area (Å²) in [6, 6.07) is 0. The average Bonchev–Trinajstić information content (AvgIpc) is 2.38. The van der Waals surface area contributed by atoms with E-state index in [2.05, 4.69) is 5.32 Å². The zero-order chi connectivity index (χ0) is 14.6. The first-order valence-corrected chi connectivity index (χ1v) is 7.78. The average molecular weight is 284 g/mol. The van der Waals surface area contributed by atoms with Gasteiger partial charge >= 0.3 is 6.09 Å². The Morgan fingerprint density at radius 3 is 2.50 bits per heavy atom. The quantitative estimate of drug-likeness (QED) is 0.844. The molecule has 5 nitrogen and oxygen atoms in total. The summed E-state index contributed by atoms with van der Waals surface area (Å²) in [5.74, 6) is 0. The van der Waals surface area contributed by atoms with Gasteiger partial charge in [0.05, 0.1) is 18.8 Å². The molecule has 0 aliphatic carbocycles. The molecule has 1 amide bonds. The summed E-state index contributed by atoms with van der Waals surface area (Å²) in [7, 11) is 0. The van der Waals surface area contributed by atoms with Gasteiger partial charge in [-0.3, -0.25) is 0 Å². The van der Waals surface area contributed by atoms with Gasteiger partial charge < -0.3 is 19.7 Å². The maximum Gasteiger partial charge on any atom is 0.410 e. The van der Waals surface area contributed by atoms with Gasteiger partial charge in [-0.05, 0) is 59.5 Å². The third kappa shape index (κ3) is 4.94. The Balaban J connectivity index is 1.80. The molecule has 0 aromatic rings. The molecule has 0 radical (unpaired) electrons. The molecule has 2 saturated heterocycles. The molecule has 0 bridgehead atoms. The van der Waals surface area contributed by atoms with Crippen molar-refractivity contribution < 1.29 is 14.3 Å². The minimum absolute atomic E-state index is 0.166. The van der Waals surface area contributed by atoms with Crippen molar-refractivity contribution in [3.63, 3.8) is 0 Å². The van der Waals surface area contributed by atoms with Crippen molar-refractivity contribution in [1.29, 1.82) is 0 Å². The minimum Gasteiger partial charge on any atom is -0.444 e. The molecular formula is C15H28N2O3. The molecule has 1 atom stereocenters. The zero-order valence-corrected chi connectivity index (χ0v) is 13.0. The van der Waals surface area contributed by atoms with E-state index in [1.165, 1.54) is 0 Å². The van der Waals surface area contributed by atoms with Crippen LogP contribution in [0.5, 0.6) is 0 Å². The number of nitrogens with one attached hydrogen (secondary N) is 1. The van der Waals surface area contributed by atoms with E-state index >= 15 is 0 Å². The van der Waals surface area contributed by atoms with Crippen LogP contribution in [0.4, 0.5) is 4.79 Å². The van der Waals surface area contributed by atoms with Gasteiger partial charge in [0.2, 0.25) is 0 Å². The predicted molar refractivity (Wildman–Crippen MR) is 77.8 cm³/mol. The Morgan fingerprint density at radius 2 is 1.85 bits per heavy atom. The third-order valence-corrected chi connectivity index (χ3v) is 3.70. The van der Waals surface area contributed by atoms with Crippen LogP contribution in [0.1, 0.15) is 46.5 Å². The van der Waals surface area contributed by atoms with Gasteiger partial charge in [0, 0.05) is 6.54 Å². The highest BCUT2D eigenvalue weighted by Gasteiger charge is 2.29. The fourth-order valence-electron chi connectivity index (χ4n) is 2.75. The number of carbonyl (C=O) groups excluding carboxylic acids is 1. The molecule has 2 heterocycles. The largest absolute Gasteiger partial charge is 0.444 e. The van der Waals surface area contributed by atoms with Crippen molar-refractivity contribution in [2.45, 2.75) is 64.3 Å². The topological polar surface area (TPSA) is 50.8 Å². The summed E-state index contributed by atoms with van der Waals surface area (Å²) in [6.45, 7) is 9.22. The molecule has 2 fully saturated rings. The smallest absolute Gasteiger partial charge is 0.410 e. The molecule has 0 saturated carbocycles. The van der Waals surface area contributed by atoms with Crippen LogP contribution in [-0.2, 0) is 9.47 Å². The van der Waals surface area contributed by atoms with E-state index in [-0.39, 0.29) is 12.2 Å². The molecule has 0 aromatic carbocycles. The first-order valence-electron chi connectivity index (χ1n) is 7.78. The highest BCUT2D eigenvalue weighted by Crippen LogP contribution is 2.20. The Hall–Kier alpha value is -0.810. The fraction of sp³-hybridized carbons (Fsp3) is 0.933. The van der Waals surface area contributed by atoms with E-state index in [0.717, 1.165) is 45.3 Å². The number of amides is 1. The van der Waals surface area contributed by atoms with Crippen molar-refractivity contribution >= 4 is 6.09 Å². The Labute approximate surface area is 122 Å². The fourth-order valence-corrected chi connectivity index (χ4v) is 2.75. The summed E-state index contributed by atoms with van der Waals surface area (Å²) in [4.78, 5) is 13.9. The summed E-state index contributed by atoms with van der Waals surface area (Å²) >= 11 is 0. The standard InChI is InChI=1S/C15H28N2O3/c1-15(2,3)20-14(18)17-10-4-5-13(11-17)19-12-6-8-16-9-7-12/h12-13,16H,4-11H2,1-3H3. The van der Waals surface area contributed by atoms with Gasteiger partial charge in [-0.1, -0.05) is 0 Å². The number of hydrogen-bond acceptors (Lipinski definition) is 4. The molecule has 2 aliphatic heterocycles. The van der Waals surface area contributed by atoms with E-state index < -0.39 is 5.60 Å². The molecule has 0 spiro atoms. The van der Waals surface area contributed by atoms with E-state index in [4.69, 9.17) is 9.47 Å². The number of nitrogens with zero attached hydrogens (tertiary/aromatic N) is 1. The summed E-state index contributed by atoms with van der Waals surface area (Å²) in [6.07, 6.45) is 4.49. The lowest BCUT2D eigenvalue weighted by atomic mass is 10.1. The van der Waals surface area contributed by atoms with Gasteiger partial charge in [-0.25, -0.2) is 4.79 Å². The molecular weight excluding hydrogens is 256 g/mol. The van der Waals surface area contributed by atoms with Crippen molar-refractivity contribution in [3.05, 3.63) is 0 Å². The summed E-state index contributed by atoms with van der Waals surface area (Å²) in [5.41, 5.74) is -0.431. The lowest BCUT2D eigenvalue weighted by Gasteiger charge is -2.36. The highest BCUT2D eigenvalue weighted by molar-refractivity contribution is 5.68. The third-order valence-electron chi connectivity index (χ3n) is 3.70. The van der Waals surface area contributed by atoms with Crippen LogP contribution in [0.3, 0.4) is 0 Å². The molecule has 5 heteroatoms. The summed E-state index contributed by atoms with van der Waals surface area (Å²) in [5, 5.41) is 3.34. The lowest BCUT2D eigenvalue weighted by Crippen LogP contribution is -2.47. The number of carbonyl (C=O) groups is 1. The number of rotatable bonds is 2. The summed E-state index contributed by atoms with van der Waals surface area (Å²) < 4.78 is 11.6. The van der Waals surface area contributed by atoms with E-state index in [1.807, 2.05) is 20.8 Å². The van der Waals surface area contributed by atoms with Crippen LogP contribution in [-0.4, -0.2) is 55.0 Å². The first-order chi connectivity index (χ1) is 9.44. The van der Waals surface area contributed by atoms with Gasteiger partial charge in [0.1, 0.15) is 5.60 Å². The van der Waals surface area contributed by atoms with Crippen molar-refractivity contribution in [1.82, 2.24) is 10.2 Å². The minimum atomic E-state index is -0.431. The SMILES string of the molecule is CC(C)(C)OC(=O)N1CCCC(OC2CCNCC2)C1. The molecule has 20 heavy (non-hydrogen) atoms. The first kappa shape index (κ1) is 15.6. The molecule has 116 valence electrons. The van der Waals surface area contributed by atoms with Crippen LogP contribution >= 0.6 is 0 Å². The zero-order valence-electron chi connectivity index (χ0n) is 13.0. The number of piperidine rings is 2. The van der Waals surface area contributed by atoms with Crippen molar-refractivity contribution in [2.24, 2.45) is 0 Å².